The van der Waals surface area contributed by atoms with E-state index in [1.165, 1.54) is 11.3 Å². The topological polar surface area (TPSA) is 52.2 Å². The van der Waals surface area contributed by atoms with E-state index in [1.54, 1.807) is 17.6 Å². The third-order valence-corrected chi connectivity index (χ3v) is 2.89. The van der Waals surface area contributed by atoms with Gasteiger partial charge in [0.1, 0.15) is 0 Å². The fourth-order valence-corrected chi connectivity index (χ4v) is 1.89. The molecule has 1 aromatic rings. The fourth-order valence-electron chi connectivity index (χ4n) is 1.07. The first-order valence-corrected chi connectivity index (χ1v) is 4.65. The van der Waals surface area contributed by atoms with Crippen molar-refractivity contribution in [1.82, 2.24) is 0 Å². The zero-order chi connectivity index (χ0) is 8.55. The van der Waals surface area contributed by atoms with Crippen LogP contribution in [0.2, 0.25) is 0 Å². The molecule has 1 saturated carbocycles. The molecule has 1 fully saturated rings. The van der Waals surface area contributed by atoms with E-state index in [1.807, 2.05) is 0 Å². The van der Waals surface area contributed by atoms with E-state index in [9.17, 15) is 10.0 Å². The molecule has 1 N–H and O–H groups in total. The molecule has 12 heavy (non-hydrogen) atoms. The first-order valence-electron chi connectivity index (χ1n) is 3.83. The number of carbonyl (C=O) groups excluding carboxylic acids is 1. The Balaban J connectivity index is 2.16. The average Bonchev–Trinajstić information content (AvgIpc) is 2.82. The Morgan fingerprint density at radius 3 is 2.83 bits per heavy atom. The monoisotopic (exact) mass is 182 g/mol. The second-order valence-corrected chi connectivity index (χ2v) is 3.99. The summed E-state index contributed by atoms with van der Waals surface area (Å²) in [4.78, 5) is 12.1. The molecule has 1 aliphatic rings. The number of rotatable bonds is 3. The molecule has 2 rings (SSSR count). The molecule has 0 atom stereocenters. The zero-order valence-electron chi connectivity index (χ0n) is 6.37. The summed E-state index contributed by atoms with van der Waals surface area (Å²) >= 11 is 1.24. The predicted octanol–water partition coefficient (Wildman–Crippen LogP) is 2.25. The number of nitrogens with one attached hydrogen (secondary N) is 1. The zero-order valence-corrected chi connectivity index (χ0v) is 7.19. The number of Topliss-reactive ketones (excluding diaryl/α,β-unsaturated/α-hetero) is 1. The predicted molar refractivity (Wildman–Crippen MR) is 48.4 cm³/mol. The van der Waals surface area contributed by atoms with Crippen LogP contribution in [0.25, 0.3) is 0 Å². The van der Waals surface area contributed by atoms with Gasteiger partial charge in [-0.3, -0.25) is 4.79 Å². The molecule has 0 saturated heterocycles. The van der Waals surface area contributed by atoms with Gasteiger partial charge in [-0.2, -0.15) is 0 Å². The lowest BCUT2D eigenvalue weighted by atomic mass is 10.2. The smallest absolute Gasteiger partial charge is 0.175 e. The number of anilines is 1. The van der Waals surface area contributed by atoms with Crippen molar-refractivity contribution in [3.8, 4) is 0 Å². The van der Waals surface area contributed by atoms with E-state index in [-0.39, 0.29) is 11.7 Å². The standard InChI is InChI=1S/C8H8NO2S/c10-8(5-1-2-5)6-3-4-7(9-11)12-6/h3-5,9H,1-2H2/q-1. The minimum atomic E-state index is 0.196. The first-order chi connectivity index (χ1) is 5.81. The summed E-state index contributed by atoms with van der Waals surface area (Å²) in [5.41, 5.74) is 1.78. The van der Waals surface area contributed by atoms with Crippen LogP contribution >= 0.6 is 11.3 Å². The molecule has 64 valence electrons. The van der Waals surface area contributed by atoms with Crippen molar-refractivity contribution in [2.45, 2.75) is 12.8 Å². The van der Waals surface area contributed by atoms with Gasteiger partial charge in [0.15, 0.2) is 5.78 Å². The molecule has 1 aromatic heterocycles. The molecule has 4 heteroatoms. The average molecular weight is 182 g/mol. The van der Waals surface area contributed by atoms with Crippen molar-refractivity contribution in [3.63, 3.8) is 0 Å². The SMILES string of the molecule is O=C(c1ccc(N[O-])s1)C1CC1. The van der Waals surface area contributed by atoms with Gasteiger partial charge < -0.3 is 10.7 Å². The van der Waals surface area contributed by atoms with E-state index < -0.39 is 0 Å². The lowest BCUT2D eigenvalue weighted by molar-refractivity contribution is 0.0971. The number of hydrogen-bond acceptors (Lipinski definition) is 4. The van der Waals surface area contributed by atoms with Crippen LogP contribution in [0.1, 0.15) is 22.5 Å². The molecule has 1 aliphatic carbocycles. The van der Waals surface area contributed by atoms with Gasteiger partial charge in [0, 0.05) is 5.92 Å². The minimum Gasteiger partial charge on any atom is -0.760 e. The van der Waals surface area contributed by atoms with Gasteiger partial charge in [-0.25, -0.2) is 0 Å². The van der Waals surface area contributed by atoms with Crippen molar-refractivity contribution in [3.05, 3.63) is 22.2 Å². The summed E-state index contributed by atoms with van der Waals surface area (Å²) in [6.07, 6.45) is 2.02. The lowest BCUT2D eigenvalue weighted by Gasteiger charge is -2.02. The minimum absolute atomic E-state index is 0.196. The normalized spacial score (nSPS) is 16.1. The van der Waals surface area contributed by atoms with Crippen LogP contribution in [0.5, 0.6) is 0 Å². The largest absolute Gasteiger partial charge is 0.760 e. The van der Waals surface area contributed by atoms with Crippen LogP contribution in [0.3, 0.4) is 0 Å². The van der Waals surface area contributed by atoms with Crippen LogP contribution in [0, 0.1) is 11.1 Å². The van der Waals surface area contributed by atoms with Gasteiger partial charge in [-0.15, -0.1) is 11.3 Å². The summed E-state index contributed by atoms with van der Waals surface area (Å²) in [5.74, 6) is 0.435. The van der Waals surface area contributed by atoms with E-state index in [4.69, 9.17) is 0 Å². The lowest BCUT2D eigenvalue weighted by Crippen LogP contribution is -1.96. The van der Waals surface area contributed by atoms with Crippen LogP contribution in [0.15, 0.2) is 12.1 Å². The Hall–Kier alpha value is -0.870. The van der Waals surface area contributed by atoms with Crippen molar-refractivity contribution < 1.29 is 4.79 Å². The van der Waals surface area contributed by atoms with E-state index in [0.717, 1.165) is 12.8 Å². The Labute approximate surface area is 74.0 Å². The molecule has 0 spiro atoms. The number of carbonyl (C=O) groups is 1. The molecular formula is C8H8NO2S-. The second-order valence-electron chi connectivity index (χ2n) is 2.90. The Kier molecular flexibility index (Phi) is 1.86. The molecule has 0 amide bonds. The van der Waals surface area contributed by atoms with Crippen molar-refractivity contribution in [2.75, 3.05) is 5.48 Å². The number of thiophene rings is 1. The van der Waals surface area contributed by atoms with Gasteiger partial charge in [-0.1, -0.05) is 0 Å². The van der Waals surface area contributed by atoms with Gasteiger partial charge >= 0.3 is 0 Å². The van der Waals surface area contributed by atoms with Crippen LogP contribution in [-0.2, 0) is 0 Å². The summed E-state index contributed by atoms with van der Waals surface area (Å²) in [5, 5.41) is 10.7. The van der Waals surface area contributed by atoms with Crippen LogP contribution in [0.4, 0.5) is 5.00 Å². The molecule has 0 radical (unpaired) electrons. The van der Waals surface area contributed by atoms with Crippen molar-refractivity contribution in [1.29, 1.82) is 0 Å². The fraction of sp³-hybridized carbons (Fsp3) is 0.375. The van der Waals surface area contributed by atoms with E-state index in [2.05, 4.69) is 0 Å². The van der Waals surface area contributed by atoms with Crippen molar-refractivity contribution in [2.24, 2.45) is 5.92 Å². The molecule has 3 nitrogen and oxygen atoms in total. The van der Waals surface area contributed by atoms with Gasteiger partial charge in [-0.05, 0) is 25.0 Å². The second kappa shape index (κ2) is 2.88. The van der Waals surface area contributed by atoms with Crippen molar-refractivity contribution >= 4 is 22.1 Å². The van der Waals surface area contributed by atoms with Gasteiger partial charge in [0.25, 0.3) is 0 Å². The molecule has 0 unspecified atom stereocenters. The molecule has 1 heterocycles. The maximum Gasteiger partial charge on any atom is 0.175 e. The van der Waals surface area contributed by atoms with Crippen LogP contribution in [-0.4, -0.2) is 5.78 Å². The van der Waals surface area contributed by atoms with E-state index in [0.29, 0.717) is 9.88 Å². The Morgan fingerprint density at radius 1 is 1.58 bits per heavy atom. The molecular weight excluding hydrogens is 174 g/mol. The maximum atomic E-state index is 11.4. The number of hydrogen-bond donors (Lipinski definition) is 1. The Morgan fingerprint density at radius 2 is 2.33 bits per heavy atom. The summed E-state index contributed by atoms with van der Waals surface area (Å²) in [6.45, 7) is 0. The third-order valence-electron chi connectivity index (χ3n) is 1.90. The van der Waals surface area contributed by atoms with Gasteiger partial charge in [0.05, 0.1) is 9.88 Å². The molecule has 0 bridgehead atoms. The van der Waals surface area contributed by atoms with Gasteiger partial charge in [0.2, 0.25) is 0 Å². The highest BCUT2D eigenvalue weighted by atomic mass is 32.1. The quantitative estimate of drug-likeness (QED) is 0.576. The maximum absolute atomic E-state index is 11.4. The third kappa shape index (κ3) is 1.35. The highest BCUT2D eigenvalue weighted by molar-refractivity contribution is 7.18. The molecule has 0 aliphatic heterocycles. The highest BCUT2D eigenvalue weighted by Crippen LogP contribution is 2.35. The molecule has 0 aromatic carbocycles. The first kappa shape index (κ1) is 7.76. The summed E-state index contributed by atoms with van der Waals surface area (Å²) in [6, 6.07) is 3.36. The van der Waals surface area contributed by atoms with E-state index >= 15 is 0 Å². The highest BCUT2D eigenvalue weighted by Gasteiger charge is 2.31. The van der Waals surface area contributed by atoms with Crippen LogP contribution < -0.4 is 5.48 Å². The number of ketones is 1. The summed E-state index contributed by atoms with van der Waals surface area (Å²) in [7, 11) is 0. The summed E-state index contributed by atoms with van der Waals surface area (Å²) < 4.78 is 0. The Bertz CT molecular complexity index is 304.